The lowest BCUT2D eigenvalue weighted by molar-refractivity contribution is 0.397. The molecule has 27 heavy (non-hydrogen) atoms. The van der Waals surface area contributed by atoms with Gasteiger partial charge in [0.1, 0.15) is 11.6 Å². The minimum atomic E-state index is -0.259. The Labute approximate surface area is 164 Å². The predicted molar refractivity (Wildman–Crippen MR) is 109 cm³/mol. The number of nitrogens with one attached hydrogen (secondary N) is 2. The third-order valence-corrected chi connectivity index (χ3v) is 4.67. The number of hydrogen-bond donors (Lipinski definition) is 2. The summed E-state index contributed by atoms with van der Waals surface area (Å²) >= 11 is 5.33. The third kappa shape index (κ3) is 5.75. The maximum atomic E-state index is 13.0. The van der Waals surface area contributed by atoms with E-state index in [2.05, 4.69) is 25.5 Å². The van der Waals surface area contributed by atoms with Crippen LogP contribution in [-0.4, -0.2) is 35.3 Å². The second-order valence-corrected chi connectivity index (χ2v) is 6.84. The Morgan fingerprint density at radius 1 is 1.15 bits per heavy atom. The van der Waals surface area contributed by atoms with Gasteiger partial charge in [-0.1, -0.05) is 25.0 Å². The highest BCUT2D eigenvalue weighted by Crippen LogP contribution is 2.22. The second kappa shape index (κ2) is 9.45. The lowest BCUT2D eigenvalue weighted by Gasteiger charge is -2.22. The fraction of sp³-hybridized carbons (Fsp3) is 0.421. The van der Waals surface area contributed by atoms with Gasteiger partial charge in [0.05, 0.1) is 7.11 Å². The van der Waals surface area contributed by atoms with Crippen molar-refractivity contribution < 1.29 is 9.13 Å². The molecule has 0 amide bonds. The molecule has 1 saturated heterocycles. The van der Waals surface area contributed by atoms with Gasteiger partial charge in [-0.3, -0.25) is 0 Å². The van der Waals surface area contributed by atoms with Crippen molar-refractivity contribution in [3.63, 3.8) is 0 Å². The molecule has 0 bridgehead atoms. The largest absolute Gasteiger partial charge is 0.481 e. The van der Waals surface area contributed by atoms with Gasteiger partial charge in [-0.15, -0.1) is 0 Å². The van der Waals surface area contributed by atoms with Gasteiger partial charge in [0.15, 0.2) is 5.11 Å². The Kier molecular flexibility index (Phi) is 6.75. The van der Waals surface area contributed by atoms with Crippen molar-refractivity contribution in [1.82, 2.24) is 15.3 Å². The van der Waals surface area contributed by atoms with Crippen molar-refractivity contribution in [2.24, 2.45) is 0 Å². The van der Waals surface area contributed by atoms with Crippen LogP contribution in [0.3, 0.4) is 0 Å². The summed E-state index contributed by atoms with van der Waals surface area (Å²) in [6.07, 6.45) is 4.82. The highest BCUT2D eigenvalue weighted by Gasteiger charge is 2.14. The first-order valence-corrected chi connectivity index (χ1v) is 9.52. The second-order valence-electron chi connectivity index (χ2n) is 6.43. The van der Waals surface area contributed by atoms with E-state index in [9.17, 15) is 4.39 Å². The number of benzene rings is 1. The summed E-state index contributed by atoms with van der Waals surface area (Å²) in [4.78, 5) is 11.2. The van der Waals surface area contributed by atoms with Crippen LogP contribution in [0.25, 0.3) is 0 Å². The number of rotatable bonds is 5. The molecule has 2 heterocycles. The highest BCUT2D eigenvalue weighted by atomic mass is 32.1. The van der Waals surface area contributed by atoms with Crippen LogP contribution in [0.5, 0.6) is 5.88 Å². The Morgan fingerprint density at radius 3 is 2.52 bits per heavy atom. The van der Waals surface area contributed by atoms with Gasteiger partial charge in [0.25, 0.3) is 0 Å². The zero-order chi connectivity index (χ0) is 19.1. The minimum Gasteiger partial charge on any atom is -0.481 e. The maximum absolute atomic E-state index is 13.0. The van der Waals surface area contributed by atoms with Gasteiger partial charge >= 0.3 is 0 Å². The van der Waals surface area contributed by atoms with Crippen LogP contribution in [0, 0.1) is 5.82 Å². The normalized spacial score (nSPS) is 14.4. The van der Waals surface area contributed by atoms with Gasteiger partial charge in [-0.05, 0) is 42.8 Å². The quantitative estimate of drug-likeness (QED) is 0.759. The number of aromatic nitrogens is 2. The first-order chi connectivity index (χ1) is 13.1. The molecule has 0 aliphatic carbocycles. The summed E-state index contributed by atoms with van der Waals surface area (Å²) in [6, 6.07) is 8.12. The zero-order valence-electron chi connectivity index (χ0n) is 15.4. The van der Waals surface area contributed by atoms with Gasteiger partial charge in [-0.25, -0.2) is 4.39 Å². The first-order valence-electron chi connectivity index (χ1n) is 9.11. The Morgan fingerprint density at radius 2 is 1.85 bits per heavy atom. The Hall–Kier alpha value is -2.48. The van der Waals surface area contributed by atoms with Gasteiger partial charge in [0, 0.05) is 25.7 Å². The van der Waals surface area contributed by atoms with E-state index in [1.807, 2.05) is 6.07 Å². The van der Waals surface area contributed by atoms with Crippen molar-refractivity contribution in [3.05, 3.63) is 41.7 Å². The van der Waals surface area contributed by atoms with E-state index in [-0.39, 0.29) is 5.82 Å². The van der Waals surface area contributed by atoms with E-state index in [0.717, 1.165) is 37.3 Å². The molecule has 2 N–H and O–H groups in total. The lowest BCUT2D eigenvalue weighted by Crippen LogP contribution is -2.30. The molecule has 6 nitrogen and oxygen atoms in total. The molecule has 1 aromatic carbocycles. The lowest BCUT2D eigenvalue weighted by atomic mass is 10.2. The molecule has 0 atom stereocenters. The van der Waals surface area contributed by atoms with E-state index in [1.54, 1.807) is 19.2 Å². The van der Waals surface area contributed by atoms with Crippen LogP contribution >= 0.6 is 12.2 Å². The van der Waals surface area contributed by atoms with E-state index in [4.69, 9.17) is 17.0 Å². The molecular formula is C19H24FN5OS. The number of hydrogen-bond acceptors (Lipinski definition) is 5. The van der Waals surface area contributed by atoms with Crippen LogP contribution < -0.4 is 20.3 Å². The van der Waals surface area contributed by atoms with Crippen molar-refractivity contribution >= 4 is 29.1 Å². The van der Waals surface area contributed by atoms with Crippen molar-refractivity contribution in [2.45, 2.75) is 32.2 Å². The molecule has 1 fully saturated rings. The molecule has 1 aliphatic heterocycles. The smallest absolute Gasteiger partial charge is 0.234 e. The first kappa shape index (κ1) is 19.3. The standard InChI is InChI=1S/C19H24FN5OS/c1-26-17-12-16(25-10-4-2-3-5-11-25)22-18(23-17)24-19(27)21-13-14-6-8-15(20)9-7-14/h6-9,12H,2-5,10-11,13H2,1H3,(H2,21,22,23,24,27). The van der Waals surface area contributed by atoms with Crippen molar-refractivity contribution in [1.29, 1.82) is 0 Å². The SMILES string of the molecule is COc1cc(N2CCCCCC2)nc(NC(=S)NCc2ccc(F)cc2)n1. The number of methoxy groups -OCH3 is 1. The fourth-order valence-electron chi connectivity index (χ4n) is 2.97. The van der Waals surface area contributed by atoms with E-state index in [0.29, 0.717) is 23.5 Å². The average molecular weight is 390 g/mol. The van der Waals surface area contributed by atoms with Crippen LogP contribution in [-0.2, 0) is 6.54 Å². The van der Waals surface area contributed by atoms with E-state index < -0.39 is 0 Å². The molecule has 0 spiro atoms. The van der Waals surface area contributed by atoms with Crippen LogP contribution in [0.1, 0.15) is 31.2 Å². The highest BCUT2D eigenvalue weighted by molar-refractivity contribution is 7.80. The number of halogens is 1. The third-order valence-electron chi connectivity index (χ3n) is 4.42. The number of anilines is 2. The number of ether oxygens (including phenoxy) is 1. The molecule has 8 heteroatoms. The molecule has 0 saturated carbocycles. The topological polar surface area (TPSA) is 62.3 Å². The van der Waals surface area contributed by atoms with E-state index in [1.165, 1.54) is 25.0 Å². The van der Waals surface area contributed by atoms with Gasteiger partial charge in [-0.2, -0.15) is 9.97 Å². The summed E-state index contributed by atoms with van der Waals surface area (Å²) in [7, 11) is 1.59. The average Bonchev–Trinajstić information content (AvgIpc) is 2.97. The van der Waals surface area contributed by atoms with Crippen LogP contribution in [0.15, 0.2) is 30.3 Å². The zero-order valence-corrected chi connectivity index (χ0v) is 16.2. The molecule has 0 unspecified atom stereocenters. The maximum Gasteiger partial charge on any atom is 0.234 e. The fourth-order valence-corrected chi connectivity index (χ4v) is 3.13. The summed E-state index contributed by atoms with van der Waals surface area (Å²) in [5.74, 6) is 1.47. The van der Waals surface area contributed by atoms with Gasteiger partial charge in [0.2, 0.25) is 11.8 Å². The predicted octanol–water partition coefficient (Wildman–Crippen LogP) is 3.49. The molecule has 3 rings (SSSR count). The monoisotopic (exact) mass is 389 g/mol. The summed E-state index contributed by atoms with van der Waals surface area (Å²) in [5, 5.41) is 6.49. The Bertz CT molecular complexity index is 763. The molecule has 1 aliphatic rings. The van der Waals surface area contributed by atoms with Crippen LogP contribution in [0.4, 0.5) is 16.2 Å². The summed E-state index contributed by atoms with van der Waals surface area (Å²) in [5.41, 5.74) is 0.928. The van der Waals surface area contributed by atoms with Crippen molar-refractivity contribution in [2.75, 3.05) is 30.4 Å². The number of nitrogens with zero attached hydrogens (tertiary/aromatic N) is 3. The molecule has 0 radical (unpaired) electrons. The molecular weight excluding hydrogens is 365 g/mol. The molecule has 2 aromatic rings. The van der Waals surface area contributed by atoms with Gasteiger partial charge < -0.3 is 20.3 Å². The van der Waals surface area contributed by atoms with Crippen LogP contribution in [0.2, 0.25) is 0 Å². The molecule has 144 valence electrons. The minimum absolute atomic E-state index is 0.259. The summed E-state index contributed by atoms with van der Waals surface area (Å²) < 4.78 is 18.3. The van der Waals surface area contributed by atoms with E-state index >= 15 is 0 Å². The van der Waals surface area contributed by atoms with Crippen molar-refractivity contribution in [3.8, 4) is 5.88 Å². The summed E-state index contributed by atoms with van der Waals surface area (Å²) in [6.45, 7) is 2.44. The number of thiocarbonyl (C=S) groups is 1. The Balaban J connectivity index is 1.64. The molecule has 1 aromatic heterocycles.